The van der Waals surface area contributed by atoms with Crippen LogP contribution in [0.2, 0.25) is 18.1 Å². The quantitative estimate of drug-likeness (QED) is 0.159. The summed E-state index contributed by atoms with van der Waals surface area (Å²) < 4.78 is 10.0. The van der Waals surface area contributed by atoms with E-state index in [1.165, 1.54) is 0 Å². The maximum atomic E-state index is 12.6. The van der Waals surface area contributed by atoms with E-state index in [1.807, 2.05) is 36.7 Å². The van der Waals surface area contributed by atoms with Crippen LogP contribution in [0.25, 0.3) is 22.0 Å². The van der Waals surface area contributed by atoms with Crippen LogP contribution in [-0.2, 0) is 31.0 Å². The predicted octanol–water partition coefficient (Wildman–Crippen LogP) is 6.28. The molecule has 0 unspecified atom stereocenters. The third-order valence-electron chi connectivity index (χ3n) is 7.51. The Kier molecular flexibility index (Phi) is 8.91. The Labute approximate surface area is 223 Å². The molecule has 9 heteroatoms. The molecular formula is C27H40BrN3O4Si. The predicted molar refractivity (Wildman–Crippen MR) is 152 cm³/mol. The number of hydrogen-bond donors (Lipinski definition) is 2. The molecule has 0 aliphatic carbocycles. The highest BCUT2D eigenvalue weighted by Crippen LogP contribution is 2.39. The average Bonchev–Trinajstić information content (AvgIpc) is 3.27. The van der Waals surface area contributed by atoms with Crippen LogP contribution in [0, 0.1) is 6.92 Å². The second kappa shape index (κ2) is 11.2. The molecule has 0 radical (unpaired) electrons. The average molecular weight is 579 g/mol. The summed E-state index contributed by atoms with van der Waals surface area (Å²) in [5.74, 6) is -0.919. The fourth-order valence-electron chi connectivity index (χ4n) is 4.65. The minimum atomic E-state index is -1.87. The molecule has 3 aromatic rings. The van der Waals surface area contributed by atoms with Crippen molar-refractivity contribution in [3.8, 4) is 11.1 Å². The highest BCUT2D eigenvalue weighted by atomic mass is 79.9. The number of fused-ring (bicyclic) bond motifs is 1. The number of para-hydroxylation sites is 1. The number of aromatic carboxylic acids is 1. The second-order valence-electron chi connectivity index (χ2n) is 10.9. The van der Waals surface area contributed by atoms with Gasteiger partial charge in [-0.25, -0.2) is 4.79 Å². The Bertz CT molecular complexity index is 1240. The van der Waals surface area contributed by atoms with Crippen LogP contribution >= 0.6 is 15.9 Å². The summed E-state index contributed by atoms with van der Waals surface area (Å²) in [6.07, 6.45) is 2.17. The van der Waals surface area contributed by atoms with E-state index in [4.69, 9.17) is 4.43 Å². The van der Waals surface area contributed by atoms with Gasteiger partial charge < -0.3 is 19.2 Å². The number of aromatic nitrogens is 3. The molecule has 0 amide bonds. The fraction of sp³-hybridized carbons (Fsp3) is 0.556. The number of rotatable bonds is 11. The van der Waals surface area contributed by atoms with E-state index in [1.54, 1.807) is 4.68 Å². The lowest BCUT2D eigenvalue weighted by atomic mass is 9.98. The van der Waals surface area contributed by atoms with Crippen LogP contribution in [-0.4, -0.2) is 50.8 Å². The summed E-state index contributed by atoms with van der Waals surface area (Å²) in [6, 6.07) is 6.00. The minimum absolute atomic E-state index is 0.131. The number of aryl methyl sites for hydroxylation is 4. The summed E-state index contributed by atoms with van der Waals surface area (Å²) in [6.45, 7) is 14.1. The number of hydrogen-bond acceptors (Lipinski definition) is 4. The normalized spacial score (nSPS) is 12.6. The SMILES string of the molecule is Cc1nn(C)c(CO)c1-c1cccc2c(CCCO[Si](C)(C)C(C)(C)C)c(C(=O)O)n(CCCBr)c12. The molecule has 7 nitrogen and oxygen atoms in total. The molecule has 36 heavy (non-hydrogen) atoms. The van der Waals surface area contributed by atoms with Gasteiger partial charge in [-0.3, -0.25) is 4.68 Å². The Morgan fingerprint density at radius 3 is 2.50 bits per heavy atom. The van der Waals surface area contributed by atoms with E-state index in [9.17, 15) is 15.0 Å². The first kappa shape index (κ1) is 28.6. The van der Waals surface area contributed by atoms with Gasteiger partial charge in [0.05, 0.1) is 23.5 Å². The van der Waals surface area contributed by atoms with Crippen LogP contribution in [0.4, 0.5) is 0 Å². The van der Waals surface area contributed by atoms with Crippen LogP contribution in [0.3, 0.4) is 0 Å². The van der Waals surface area contributed by atoms with Gasteiger partial charge in [-0.1, -0.05) is 54.9 Å². The second-order valence-corrected chi connectivity index (χ2v) is 16.5. The van der Waals surface area contributed by atoms with Crippen molar-refractivity contribution >= 4 is 41.1 Å². The van der Waals surface area contributed by atoms with Crippen molar-refractivity contribution in [1.29, 1.82) is 0 Å². The minimum Gasteiger partial charge on any atom is -0.477 e. The van der Waals surface area contributed by atoms with E-state index in [-0.39, 0.29) is 11.6 Å². The van der Waals surface area contributed by atoms with E-state index < -0.39 is 14.3 Å². The lowest BCUT2D eigenvalue weighted by Crippen LogP contribution is -2.41. The van der Waals surface area contributed by atoms with Crippen LogP contribution in [0.15, 0.2) is 18.2 Å². The third-order valence-corrected chi connectivity index (χ3v) is 12.6. The number of halogens is 1. The zero-order valence-corrected chi connectivity index (χ0v) is 25.2. The number of aliphatic hydroxyl groups is 1. The molecule has 198 valence electrons. The van der Waals surface area contributed by atoms with Gasteiger partial charge in [-0.05, 0) is 49.9 Å². The summed E-state index contributed by atoms with van der Waals surface area (Å²) in [5.41, 5.74) is 5.38. The highest BCUT2D eigenvalue weighted by molar-refractivity contribution is 9.09. The van der Waals surface area contributed by atoms with Crippen molar-refractivity contribution in [2.45, 2.75) is 78.2 Å². The lowest BCUT2D eigenvalue weighted by Gasteiger charge is -2.36. The van der Waals surface area contributed by atoms with Crippen LogP contribution in [0.1, 0.15) is 61.1 Å². The highest BCUT2D eigenvalue weighted by Gasteiger charge is 2.37. The molecule has 0 atom stereocenters. The monoisotopic (exact) mass is 577 g/mol. The topological polar surface area (TPSA) is 89.5 Å². The molecule has 0 saturated carbocycles. The number of aliphatic hydroxyl groups excluding tert-OH is 1. The van der Waals surface area contributed by atoms with Gasteiger partial charge in [0.25, 0.3) is 0 Å². The van der Waals surface area contributed by atoms with Gasteiger partial charge in [-0.15, -0.1) is 0 Å². The van der Waals surface area contributed by atoms with Crippen molar-refractivity contribution in [2.24, 2.45) is 7.05 Å². The Hall–Kier alpha value is -1.94. The molecule has 2 heterocycles. The molecular weight excluding hydrogens is 538 g/mol. The number of carboxylic acid groups (broad SMARTS) is 1. The van der Waals surface area contributed by atoms with Gasteiger partial charge in [0.15, 0.2) is 8.32 Å². The zero-order valence-electron chi connectivity index (χ0n) is 22.6. The van der Waals surface area contributed by atoms with E-state index in [0.717, 1.165) is 57.2 Å². The van der Waals surface area contributed by atoms with E-state index in [0.29, 0.717) is 25.3 Å². The summed E-state index contributed by atoms with van der Waals surface area (Å²) in [5, 5.41) is 26.8. The smallest absolute Gasteiger partial charge is 0.352 e. The number of carboxylic acids is 1. The molecule has 0 aliphatic rings. The van der Waals surface area contributed by atoms with Crippen molar-refractivity contribution in [3.05, 3.63) is 40.8 Å². The van der Waals surface area contributed by atoms with Gasteiger partial charge in [0, 0.05) is 42.0 Å². The molecule has 2 N–H and O–H groups in total. The van der Waals surface area contributed by atoms with E-state index in [2.05, 4.69) is 54.9 Å². The number of nitrogens with zero attached hydrogens (tertiary/aromatic N) is 3. The molecule has 0 aliphatic heterocycles. The molecule has 0 bridgehead atoms. The molecule has 0 spiro atoms. The Morgan fingerprint density at radius 1 is 1.22 bits per heavy atom. The van der Waals surface area contributed by atoms with Gasteiger partial charge in [0.2, 0.25) is 0 Å². The first-order chi connectivity index (χ1) is 16.9. The van der Waals surface area contributed by atoms with E-state index >= 15 is 0 Å². The molecule has 1 aromatic carbocycles. The van der Waals surface area contributed by atoms with Gasteiger partial charge in [0.1, 0.15) is 5.69 Å². The summed E-state index contributed by atoms with van der Waals surface area (Å²) in [7, 11) is -0.0498. The number of alkyl halides is 1. The standard InChI is InChI=1S/C27H40BrN3O4Si/c1-18-23(22(17-32)30(5)29-18)21-12-8-11-19-20(13-9-16-35-36(6,7)27(2,3)4)25(26(33)34)31(24(19)21)15-10-14-28/h8,11-12,32H,9-10,13-17H2,1-7H3,(H,33,34). The third kappa shape index (κ3) is 5.49. The maximum Gasteiger partial charge on any atom is 0.352 e. The lowest BCUT2D eigenvalue weighted by molar-refractivity contribution is 0.0684. The summed E-state index contributed by atoms with van der Waals surface area (Å²) in [4.78, 5) is 12.6. The van der Waals surface area contributed by atoms with Gasteiger partial charge >= 0.3 is 5.97 Å². The van der Waals surface area contributed by atoms with Crippen molar-refractivity contribution in [3.63, 3.8) is 0 Å². The van der Waals surface area contributed by atoms with Gasteiger partial charge in [-0.2, -0.15) is 5.10 Å². The zero-order chi connectivity index (χ0) is 26.8. The fourth-order valence-corrected chi connectivity index (χ4v) is 5.99. The first-order valence-electron chi connectivity index (χ1n) is 12.6. The largest absolute Gasteiger partial charge is 0.477 e. The number of benzene rings is 1. The maximum absolute atomic E-state index is 12.6. The Balaban J connectivity index is 2.14. The number of carbonyl (C=O) groups is 1. The molecule has 0 fully saturated rings. The van der Waals surface area contributed by atoms with Crippen molar-refractivity contribution in [1.82, 2.24) is 14.3 Å². The summed E-state index contributed by atoms with van der Waals surface area (Å²) >= 11 is 3.51. The van der Waals surface area contributed by atoms with Crippen molar-refractivity contribution in [2.75, 3.05) is 11.9 Å². The molecule has 0 saturated heterocycles. The molecule has 3 rings (SSSR count). The Morgan fingerprint density at radius 2 is 1.92 bits per heavy atom. The first-order valence-corrected chi connectivity index (χ1v) is 16.6. The van der Waals surface area contributed by atoms with Crippen molar-refractivity contribution < 1.29 is 19.4 Å². The molecule has 2 aromatic heterocycles. The van der Waals surface area contributed by atoms with Crippen LogP contribution < -0.4 is 0 Å². The van der Waals surface area contributed by atoms with Crippen LogP contribution in [0.5, 0.6) is 0 Å².